The van der Waals surface area contributed by atoms with Gasteiger partial charge in [-0.15, -0.1) is 24.0 Å². The zero-order valence-electron chi connectivity index (χ0n) is 13.5. The zero-order valence-corrected chi connectivity index (χ0v) is 16.7. The Morgan fingerprint density at radius 3 is 2.64 bits per heavy atom. The van der Waals surface area contributed by atoms with Crippen molar-refractivity contribution in [1.82, 2.24) is 14.8 Å². The molecule has 2 heterocycles. The predicted molar refractivity (Wildman–Crippen MR) is 100 cm³/mol. The molecule has 6 nitrogen and oxygen atoms in total. The van der Waals surface area contributed by atoms with E-state index in [1.54, 1.807) is 20.9 Å². The van der Waals surface area contributed by atoms with Crippen molar-refractivity contribution in [2.45, 2.75) is 25.1 Å². The summed E-state index contributed by atoms with van der Waals surface area (Å²) in [5.41, 5.74) is 1.15. The third kappa shape index (κ3) is 3.95. The van der Waals surface area contributed by atoms with Gasteiger partial charge >= 0.3 is 0 Å². The lowest BCUT2D eigenvalue weighted by molar-refractivity contribution is 0.353. The Bertz CT molecular complexity index is 637. The standard InChI is InChI=1S/C14H24N4O2S.HI/c1-14(2)11-18(8-9-21(14,19)20)13(15-3)16-10-12-6-5-7-17(12)4;/h5-7H,8-11H2,1-4H3,(H,15,16);1H. The van der Waals surface area contributed by atoms with Crippen molar-refractivity contribution in [2.75, 3.05) is 25.9 Å². The van der Waals surface area contributed by atoms with E-state index in [1.807, 2.05) is 34.8 Å². The Balaban J connectivity index is 0.00000242. The minimum atomic E-state index is -3.03. The maximum Gasteiger partial charge on any atom is 0.194 e. The lowest BCUT2D eigenvalue weighted by Crippen LogP contribution is -2.57. The van der Waals surface area contributed by atoms with E-state index in [9.17, 15) is 8.42 Å². The zero-order chi connectivity index (χ0) is 15.7. The Labute approximate surface area is 149 Å². The third-order valence-corrected chi connectivity index (χ3v) is 6.57. The molecule has 126 valence electrons. The van der Waals surface area contributed by atoms with Crippen molar-refractivity contribution in [3.8, 4) is 0 Å². The molecule has 1 aliphatic heterocycles. The highest BCUT2D eigenvalue weighted by molar-refractivity contribution is 14.0. The first kappa shape index (κ1) is 19.3. The fraction of sp³-hybridized carbons (Fsp3) is 0.643. The lowest BCUT2D eigenvalue weighted by atomic mass is 10.2. The largest absolute Gasteiger partial charge is 0.353 e. The van der Waals surface area contributed by atoms with Gasteiger partial charge in [-0.25, -0.2) is 8.42 Å². The van der Waals surface area contributed by atoms with Gasteiger partial charge in [0.1, 0.15) is 0 Å². The molecule has 0 radical (unpaired) electrons. The maximum atomic E-state index is 12.1. The summed E-state index contributed by atoms with van der Waals surface area (Å²) in [5, 5.41) is 3.31. The molecule has 1 aromatic heterocycles. The van der Waals surface area contributed by atoms with Gasteiger partial charge < -0.3 is 14.8 Å². The molecule has 0 saturated carbocycles. The Morgan fingerprint density at radius 1 is 1.45 bits per heavy atom. The van der Waals surface area contributed by atoms with Gasteiger partial charge in [-0.05, 0) is 26.0 Å². The summed E-state index contributed by atoms with van der Waals surface area (Å²) in [5.74, 6) is 0.921. The SMILES string of the molecule is CN=C(NCc1cccn1C)N1CCS(=O)(=O)C(C)(C)C1.I. The number of nitrogens with one attached hydrogen (secondary N) is 1. The first-order chi connectivity index (χ1) is 9.77. The van der Waals surface area contributed by atoms with Crippen molar-refractivity contribution >= 4 is 39.8 Å². The average Bonchev–Trinajstić information content (AvgIpc) is 2.80. The summed E-state index contributed by atoms with van der Waals surface area (Å²) in [6.07, 6.45) is 2.00. The Hall–Kier alpha value is -0.770. The van der Waals surface area contributed by atoms with Crippen LogP contribution in [0.5, 0.6) is 0 Å². The molecule has 1 fully saturated rings. The molecule has 8 heteroatoms. The number of guanidine groups is 1. The smallest absolute Gasteiger partial charge is 0.194 e. The van der Waals surface area contributed by atoms with E-state index in [4.69, 9.17) is 0 Å². The summed E-state index contributed by atoms with van der Waals surface area (Å²) in [4.78, 5) is 6.30. The van der Waals surface area contributed by atoms with E-state index in [0.29, 0.717) is 19.6 Å². The van der Waals surface area contributed by atoms with Gasteiger partial charge in [-0.2, -0.15) is 0 Å². The summed E-state index contributed by atoms with van der Waals surface area (Å²) in [6, 6.07) is 4.04. The number of aromatic nitrogens is 1. The van der Waals surface area contributed by atoms with E-state index in [0.717, 1.165) is 11.7 Å². The van der Waals surface area contributed by atoms with Crippen molar-refractivity contribution < 1.29 is 8.42 Å². The number of aryl methyl sites for hydroxylation is 1. The Morgan fingerprint density at radius 2 is 2.14 bits per heavy atom. The summed E-state index contributed by atoms with van der Waals surface area (Å²) in [7, 11) is 0.693. The van der Waals surface area contributed by atoms with Crippen molar-refractivity contribution in [3.05, 3.63) is 24.0 Å². The van der Waals surface area contributed by atoms with Crippen LogP contribution in [0, 0.1) is 0 Å². The van der Waals surface area contributed by atoms with Gasteiger partial charge in [-0.1, -0.05) is 0 Å². The first-order valence-corrected chi connectivity index (χ1v) is 8.70. The summed E-state index contributed by atoms with van der Waals surface area (Å²) in [6.45, 7) is 5.17. The van der Waals surface area contributed by atoms with Gasteiger partial charge in [0, 0.05) is 39.1 Å². The highest BCUT2D eigenvalue weighted by atomic mass is 127. The summed E-state index contributed by atoms with van der Waals surface area (Å²) >= 11 is 0. The van der Waals surface area contributed by atoms with Crippen molar-refractivity contribution in [1.29, 1.82) is 0 Å². The maximum absolute atomic E-state index is 12.1. The molecule has 1 N–H and O–H groups in total. The van der Waals surface area contributed by atoms with Crippen LogP contribution in [-0.4, -0.2) is 54.5 Å². The van der Waals surface area contributed by atoms with E-state index in [-0.39, 0.29) is 29.7 Å². The molecule has 22 heavy (non-hydrogen) atoms. The normalized spacial score (nSPS) is 20.4. The van der Waals surface area contributed by atoms with Gasteiger partial charge in [-0.3, -0.25) is 4.99 Å². The topological polar surface area (TPSA) is 66.7 Å². The second kappa shape index (κ2) is 7.20. The van der Waals surface area contributed by atoms with Crippen molar-refractivity contribution in [3.63, 3.8) is 0 Å². The predicted octanol–water partition coefficient (Wildman–Crippen LogP) is 1.23. The number of hydrogen-bond donors (Lipinski definition) is 1. The quantitative estimate of drug-likeness (QED) is 0.427. The van der Waals surface area contributed by atoms with Gasteiger partial charge in [0.2, 0.25) is 0 Å². The highest BCUT2D eigenvalue weighted by Crippen LogP contribution is 2.23. The summed E-state index contributed by atoms with van der Waals surface area (Å²) < 4.78 is 25.4. The monoisotopic (exact) mass is 440 g/mol. The van der Waals surface area contributed by atoms with Crippen LogP contribution in [0.25, 0.3) is 0 Å². The lowest BCUT2D eigenvalue weighted by Gasteiger charge is -2.39. The number of sulfone groups is 1. The molecule has 2 rings (SSSR count). The highest BCUT2D eigenvalue weighted by Gasteiger charge is 2.40. The molecule has 0 aliphatic carbocycles. The molecule has 0 amide bonds. The molecule has 1 saturated heterocycles. The molecule has 0 atom stereocenters. The molecular formula is C14H25IN4O2S. The van der Waals surface area contributed by atoms with Gasteiger partial charge in [0.05, 0.1) is 17.0 Å². The van der Waals surface area contributed by atoms with E-state index < -0.39 is 14.6 Å². The average molecular weight is 440 g/mol. The van der Waals surface area contributed by atoms with Crippen LogP contribution in [0.3, 0.4) is 0 Å². The number of rotatable bonds is 2. The second-order valence-electron chi connectivity index (χ2n) is 6.01. The van der Waals surface area contributed by atoms with Crippen LogP contribution in [-0.2, 0) is 23.4 Å². The molecule has 0 aromatic carbocycles. The minimum Gasteiger partial charge on any atom is -0.353 e. The van der Waals surface area contributed by atoms with Crippen LogP contribution < -0.4 is 5.32 Å². The number of aliphatic imine (C=N–C) groups is 1. The van der Waals surface area contributed by atoms with E-state index in [2.05, 4.69) is 10.3 Å². The number of halogens is 1. The van der Waals surface area contributed by atoms with E-state index in [1.165, 1.54) is 0 Å². The fourth-order valence-electron chi connectivity index (χ4n) is 2.51. The van der Waals surface area contributed by atoms with Crippen LogP contribution >= 0.6 is 24.0 Å². The van der Waals surface area contributed by atoms with Gasteiger partial charge in [0.15, 0.2) is 15.8 Å². The fourth-order valence-corrected chi connectivity index (χ4v) is 3.87. The minimum absolute atomic E-state index is 0. The van der Waals surface area contributed by atoms with Crippen LogP contribution in [0.4, 0.5) is 0 Å². The first-order valence-electron chi connectivity index (χ1n) is 7.05. The number of hydrogen-bond acceptors (Lipinski definition) is 3. The Kier molecular flexibility index (Phi) is 6.31. The molecular weight excluding hydrogens is 415 g/mol. The molecule has 1 aromatic rings. The second-order valence-corrected chi connectivity index (χ2v) is 8.75. The van der Waals surface area contributed by atoms with Gasteiger partial charge in [0.25, 0.3) is 0 Å². The van der Waals surface area contributed by atoms with Crippen LogP contribution in [0.15, 0.2) is 23.3 Å². The van der Waals surface area contributed by atoms with Crippen molar-refractivity contribution in [2.24, 2.45) is 12.0 Å². The molecule has 0 unspecified atom stereocenters. The molecule has 1 aliphatic rings. The molecule has 0 bridgehead atoms. The number of nitrogens with zero attached hydrogens (tertiary/aromatic N) is 3. The third-order valence-electron chi connectivity index (χ3n) is 4.03. The van der Waals surface area contributed by atoms with Crippen LogP contribution in [0.2, 0.25) is 0 Å². The van der Waals surface area contributed by atoms with Crippen LogP contribution in [0.1, 0.15) is 19.5 Å². The van der Waals surface area contributed by atoms with E-state index >= 15 is 0 Å². The molecule has 0 spiro atoms.